The molecule has 0 unspecified atom stereocenters. The molecule has 10 heteroatoms. The van der Waals surface area contributed by atoms with Crippen LogP contribution in [0.25, 0.3) is 11.3 Å². The number of aromatic nitrogens is 2. The van der Waals surface area contributed by atoms with E-state index in [9.17, 15) is 18.0 Å². The van der Waals surface area contributed by atoms with Crippen LogP contribution in [0.5, 0.6) is 0 Å². The van der Waals surface area contributed by atoms with Crippen LogP contribution < -0.4 is 0 Å². The van der Waals surface area contributed by atoms with E-state index in [4.69, 9.17) is 21.1 Å². The van der Waals surface area contributed by atoms with Crippen LogP contribution in [0, 0.1) is 6.92 Å². The third-order valence-corrected chi connectivity index (χ3v) is 6.31. The highest BCUT2D eigenvalue weighted by Gasteiger charge is 2.36. The number of aryl methyl sites for hydroxylation is 1. The lowest BCUT2D eigenvalue weighted by atomic mass is 10.1. The number of carbonyl (C=O) groups is 2. The lowest BCUT2D eigenvalue weighted by molar-refractivity contribution is 0.0474. The number of benzene rings is 2. The fourth-order valence-corrected chi connectivity index (χ4v) is 4.37. The van der Waals surface area contributed by atoms with E-state index in [1.165, 1.54) is 12.1 Å². The molecule has 0 saturated carbocycles. The molecule has 0 spiro atoms. The molecular formula is C22H21ClN2O6S. The third kappa shape index (κ3) is 4.53. The molecule has 0 N–H and O–H groups in total. The van der Waals surface area contributed by atoms with E-state index >= 15 is 0 Å². The molecule has 2 aromatic carbocycles. The lowest BCUT2D eigenvalue weighted by Crippen LogP contribution is -2.23. The second-order valence-corrected chi connectivity index (χ2v) is 8.88. The highest BCUT2D eigenvalue weighted by atomic mass is 35.5. The molecule has 1 aromatic heterocycles. The van der Waals surface area contributed by atoms with Gasteiger partial charge in [-0.05, 0) is 45.0 Å². The fraction of sp³-hybridized carbons (Fsp3) is 0.227. The average molecular weight is 477 g/mol. The van der Waals surface area contributed by atoms with Gasteiger partial charge < -0.3 is 9.47 Å². The molecule has 0 amide bonds. The molecule has 32 heavy (non-hydrogen) atoms. The number of hydrogen-bond acceptors (Lipinski definition) is 7. The largest absolute Gasteiger partial charge is 0.462 e. The topological polar surface area (TPSA) is 105 Å². The van der Waals surface area contributed by atoms with Gasteiger partial charge >= 0.3 is 11.9 Å². The Morgan fingerprint density at radius 2 is 1.50 bits per heavy atom. The zero-order chi connectivity index (χ0) is 23.5. The molecule has 0 aliphatic rings. The minimum atomic E-state index is -4.35. The van der Waals surface area contributed by atoms with Gasteiger partial charge in [-0.3, -0.25) is 0 Å². The lowest BCUT2D eigenvalue weighted by Gasteiger charge is -2.10. The minimum absolute atomic E-state index is 0.0110. The van der Waals surface area contributed by atoms with Gasteiger partial charge in [-0.15, -0.1) is 4.09 Å². The van der Waals surface area contributed by atoms with Crippen LogP contribution in [0.4, 0.5) is 0 Å². The monoisotopic (exact) mass is 476 g/mol. The molecule has 0 aliphatic carbocycles. The zero-order valence-corrected chi connectivity index (χ0v) is 19.2. The van der Waals surface area contributed by atoms with Crippen LogP contribution in [0.2, 0.25) is 5.02 Å². The van der Waals surface area contributed by atoms with E-state index in [2.05, 4.69) is 5.10 Å². The van der Waals surface area contributed by atoms with E-state index < -0.39 is 27.7 Å². The number of carbonyl (C=O) groups excluding carboxylic acids is 2. The predicted molar refractivity (Wildman–Crippen MR) is 118 cm³/mol. The van der Waals surface area contributed by atoms with E-state index in [-0.39, 0.29) is 29.4 Å². The SMILES string of the molecule is CCOC(=O)c1c(-c2ccc(Cl)cc2)nn(S(=O)(=O)c2ccc(C)cc2)c1C(=O)OCC. The summed E-state index contributed by atoms with van der Waals surface area (Å²) in [4.78, 5) is 25.6. The maximum atomic E-state index is 13.4. The summed E-state index contributed by atoms with van der Waals surface area (Å²) >= 11 is 5.96. The van der Waals surface area contributed by atoms with Crippen molar-refractivity contribution in [2.24, 2.45) is 0 Å². The van der Waals surface area contributed by atoms with E-state index in [0.717, 1.165) is 5.56 Å². The molecular weight excluding hydrogens is 456 g/mol. The maximum absolute atomic E-state index is 13.4. The van der Waals surface area contributed by atoms with Crippen molar-refractivity contribution in [3.63, 3.8) is 0 Å². The summed E-state index contributed by atoms with van der Waals surface area (Å²) in [5.41, 5.74) is 0.350. The van der Waals surface area contributed by atoms with Crippen molar-refractivity contribution < 1.29 is 27.5 Å². The Morgan fingerprint density at radius 3 is 2.06 bits per heavy atom. The van der Waals surface area contributed by atoms with Crippen LogP contribution in [0.1, 0.15) is 40.3 Å². The molecule has 1 heterocycles. The molecule has 0 bridgehead atoms. The van der Waals surface area contributed by atoms with Gasteiger partial charge in [-0.1, -0.05) is 41.4 Å². The number of nitrogens with zero attached hydrogens (tertiary/aromatic N) is 2. The average Bonchev–Trinajstić information content (AvgIpc) is 3.17. The van der Waals surface area contributed by atoms with Gasteiger partial charge in [0.1, 0.15) is 11.3 Å². The molecule has 0 atom stereocenters. The zero-order valence-electron chi connectivity index (χ0n) is 17.7. The number of ether oxygens (including phenoxy) is 2. The van der Waals surface area contributed by atoms with Gasteiger partial charge in [0, 0.05) is 10.6 Å². The molecule has 0 radical (unpaired) electrons. The van der Waals surface area contributed by atoms with E-state index in [1.54, 1.807) is 50.2 Å². The minimum Gasteiger partial charge on any atom is -0.462 e. The van der Waals surface area contributed by atoms with Gasteiger partial charge in [-0.2, -0.15) is 13.5 Å². The van der Waals surface area contributed by atoms with Crippen molar-refractivity contribution in [1.82, 2.24) is 9.19 Å². The number of esters is 2. The van der Waals surface area contributed by atoms with Crippen LogP contribution in [-0.2, 0) is 19.5 Å². The smallest absolute Gasteiger partial charge is 0.358 e. The summed E-state index contributed by atoms with van der Waals surface area (Å²) in [6, 6.07) is 12.3. The molecule has 3 rings (SSSR count). The summed E-state index contributed by atoms with van der Waals surface area (Å²) in [6.07, 6.45) is 0. The Labute approximate surface area is 190 Å². The highest BCUT2D eigenvalue weighted by molar-refractivity contribution is 7.90. The van der Waals surface area contributed by atoms with Crippen molar-refractivity contribution >= 4 is 33.6 Å². The summed E-state index contributed by atoms with van der Waals surface area (Å²) < 4.78 is 37.6. The van der Waals surface area contributed by atoms with Crippen molar-refractivity contribution in [3.8, 4) is 11.3 Å². The summed E-state index contributed by atoms with van der Waals surface area (Å²) in [7, 11) is -4.35. The Morgan fingerprint density at radius 1 is 0.938 bits per heavy atom. The van der Waals surface area contributed by atoms with Crippen LogP contribution in [-0.4, -0.2) is 42.8 Å². The number of hydrogen-bond donors (Lipinski definition) is 0. The molecule has 0 fully saturated rings. The Hall–Kier alpha value is -3.17. The van der Waals surface area contributed by atoms with Gasteiger partial charge in [0.05, 0.1) is 18.1 Å². The van der Waals surface area contributed by atoms with Crippen molar-refractivity contribution in [2.45, 2.75) is 25.7 Å². The quantitative estimate of drug-likeness (QED) is 0.472. The first-order valence-corrected chi connectivity index (χ1v) is 11.6. The summed E-state index contributed by atoms with van der Waals surface area (Å²) in [5.74, 6) is -1.91. The first-order chi connectivity index (χ1) is 15.2. The second kappa shape index (κ2) is 9.54. The van der Waals surface area contributed by atoms with Crippen LogP contribution in [0.3, 0.4) is 0 Å². The van der Waals surface area contributed by atoms with Gasteiger partial charge in [0.15, 0.2) is 5.69 Å². The molecule has 0 aliphatic heterocycles. The first-order valence-electron chi connectivity index (χ1n) is 9.76. The molecule has 0 saturated heterocycles. The first kappa shape index (κ1) is 23.5. The predicted octanol–water partition coefficient (Wildman–Crippen LogP) is 4.10. The third-order valence-electron chi connectivity index (χ3n) is 4.47. The second-order valence-electron chi connectivity index (χ2n) is 6.68. The molecule has 168 valence electrons. The fourth-order valence-electron chi connectivity index (χ4n) is 2.97. The van der Waals surface area contributed by atoms with E-state index in [0.29, 0.717) is 14.7 Å². The normalized spacial score (nSPS) is 11.2. The Balaban J connectivity index is 2.36. The Bertz CT molecular complexity index is 1250. The highest BCUT2D eigenvalue weighted by Crippen LogP contribution is 2.30. The number of halogens is 1. The van der Waals surface area contributed by atoms with E-state index in [1.807, 2.05) is 6.92 Å². The van der Waals surface area contributed by atoms with Gasteiger partial charge in [0.2, 0.25) is 0 Å². The maximum Gasteiger partial charge on any atom is 0.358 e. The summed E-state index contributed by atoms with van der Waals surface area (Å²) in [6.45, 7) is 4.95. The Kier molecular flexibility index (Phi) is 7.00. The van der Waals surface area contributed by atoms with Crippen molar-refractivity contribution in [1.29, 1.82) is 0 Å². The molecule has 3 aromatic rings. The number of rotatable bonds is 7. The van der Waals surface area contributed by atoms with Crippen molar-refractivity contribution in [3.05, 3.63) is 70.4 Å². The standard InChI is InChI=1S/C22H21ClN2O6S/c1-4-30-21(26)18-19(15-8-10-16(23)11-9-15)24-25(20(18)22(27)31-5-2)32(28,29)17-12-6-14(3)7-13-17/h6-13H,4-5H2,1-3H3. The van der Waals surface area contributed by atoms with Gasteiger partial charge in [-0.25, -0.2) is 9.59 Å². The molecule has 8 nitrogen and oxygen atoms in total. The van der Waals surface area contributed by atoms with Crippen molar-refractivity contribution in [2.75, 3.05) is 13.2 Å². The summed E-state index contributed by atoms with van der Waals surface area (Å²) in [5, 5.41) is 4.61. The van der Waals surface area contributed by atoms with Crippen LogP contribution in [0.15, 0.2) is 53.4 Å². The van der Waals surface area contributed by atoms with Crippen LogP contribution >= 0.6 is 11.6 Å². The van der Waals surface area contributed by atoms with Gasteiger partial charge in [0.25, 0.3) is 10.0 Å².